The molecule has 21 heavy (non-hydrogen) atoms. The highest BCUT2D eigenvalue weighted by atomic mass is 32.2. The quantitative estimate of drug-likeness (QED) is 0.730. The van der Waals surface area contributed by atoms with Crippen molar-refractivity contribution in [3.8, 4) is 0 Å². The Balaban J connectivity index is 1.59. The van der Waals surface area contributed by atoms with E-state index in [1.165, 1.54) is 4.31 Å². The molecule has 114 valence electrons. The molecule has 3 aliphatic heterocycles. The van der Waals surface area contributed by atoms with E-state index in [4.69, 9.17) is 14.2 Å². The molecule has 7 heteroatoms. The van der Waals surface area contributed by atoms with Gasteiger partial charge in [0, 0.05) is 13.0 Å². The summed E-state index contributed by atoms with van der Waals surface area (Å²) in [4.78, 5) is 0.294. The van der Waals surface area contributed by atoms with Crippen LogP contribution in [0.3, 0.4) is 0 Å². The molecule has 4 rings (SSSR count). The first-order valence-electron chi connectivity index (χ1n) is 7.11. The minimum absolute atomic E-state index is 0.00288. The summed E-state index contributed by atoms with van der Waals surface area (Å²) in [5.41, 5.74) is 1.02. The standard InChI is InChI=1S/C14H17NO5S/c16-21(17,12-3-1-10(2-4-12)13-9-20-13)15(7-11-8-19-11)14-5-6-18-14/h1-4,11,13-14H,5-9H2. The van der Waals surface area contributed by atoms with Crippen LogP contribution < -0.4 is 0 Å². The second-order valence-corrected chi connectivity index (χ2v) is 7.43. The van der Waals surface area contributed by atoms with Gasteiger partial charge in [-0.1, -0.05) is 12.1 Å². The van der Waals surface area contributed by atoms with E-state index in [2.05, 4.69) is 0 Å². The molecule has 3 saturated heterocycles. The Bertz CT molecular complexity index is 617. The van der Waals surface area contributed by atoms with Gasteiger partial charge in [0.1, 0.15) is 12.3 Å². The van der Waals surface area contributed by atoms with Crippen LogP contribution in [0.5, 0.6) is 0 Å². The van der Waals surface area contributed by atoms with Crippen LogP contribution in [0.4, 0.5) is 0 Å². The maximum Gasteiger partial charge on any atom is 0.245 e. The lowest BCUT2D eigenvalue weighted by molar-refractivity contribution is -0.113. The predicted molar refractivity (Wildman–Crippen MR) is 73.1 cm³/mol. The Morgan fingerprint density at radius 1 is 1.10 bits per heavy atom. The monoisotopic (exact) mass is 311 g/mol. The van der Waals surface area contributed by atoms with Crippen molar-refractivity contribution in [2.75, 3.05) is 26.4 Å². The first kappa shape index (κ1) is 13.7. The van der Waals surface area contributed by atoms with Crippen LogP contribution >= 0.6 is 0 Å². The number of epoxide rings is 2. The number of nitrogens with zero attached hydrogens (tertiary/aromatic N) is 1. The Morgan fingerprint density at radius 3 is 2.24 bits per heavy atom. The number of sulfonamides is 1. The molecule has 3 fully saturated rings. The molecular weight excluding hydrogens is 294 g/mol. The maximum atomic E-state index is 12.8. The first-order chi connectivity index (χ1) is 10.1. The summed E-state index contributed by atoms with van der Waals surface area (Å²) in [5.74, 6) is 0. The Morgan fingerprint density at radius 2 is 1.76 bits per heavy atom. The highest BCUT2D eigenvalue weighted by molar-refractivity contribution is 7.89. The van der Waals surface area contributed by atoms with Gasteiger partial charge in [0.25, 0.3) is 0 Å². The number of ether oxygens (including phenoxy) is 3. The van der Waals surface area contributed by atoms with Crippen molar-refractivity contribution in [3.63, 3.8) is 0 Å². The third-order valence-electron chi connectivity index (χ3n) is 3.97. The molecule has 0 spiro atoms. The second-order valence-electron chi connectivity index (χ2n) is 5.54. The molecule has 3 aliphatic rings. The summed E-state index contributed by atoms with van der Waals surface area (Å²) in [7, 11) is -3.55. The molecular formula is C14H17NO5S. The molecule has 0 bridgehead atoms. The lowest BCUT2D eigenvalue weighted by Gasteiger charge is -2.36. The average molecular weight is 311 g/mol. The van der Waals surface area contributed by atoms with Crippen LogP contribution in [-0.2, 0) is 24.2 Å². The minimum atomic E-state index is -3.55. The van der Waals surface area contributed by atoms with Crippen molar-refractivity contribution in [3.05, 3.63) is 29.8 Å². The van der Waals surface area contributed by atoms with Crippen molar-refractivity contribution in [1.82, 2.24) is 4.31 Å². The summed E-state index contributed by atoms with van der Waals surface area (Å²) in [5, 5.41) is 0. The highest BCUT2D eigenvalue weighted by Gasteiger charge is 2.40. The molecule has 0 aromatic heterocycles. The van der Waals surface area contributed by atoms with Gasteiger partial charge in [-0.2, -0.15) is 4.31 Å². The van der Waals surface area contributed by atoms with Gasteiger partial charge in [0.05, 0.1) is 30.8 Å². The molecule has 0 amide bonds. The van der Waals surface area contributed by atoms with Crippen LogP contribution in [0.1, 0.15) is 18.1 Å². The van der Waals surface area contributed by atoms with E-state index in [9.17, 15) is 8.42 Å². The van der Waals surface area contributed by atoms with Gasteiger partial charge in [-0.25, -0.2) is 8.42 Å². The zero-order valence-electron chi connectivity index (χ0n) is 11.5. The Labute approximate surface area is 123 Å². The summed E-state index contributed by atoms with van der Waals surface area (Å²) in [6, 6.07) is 6.92. The summed E-state index contributed by atoms with van der Waals surface area (Å²) >= 11 is 0. The third kappa shape index (κ3) is 2.72. The molecule has 1 aromatic rings. The number of hydrogen-bond acceptors (Lipinski definition) is 5. The van der Waals surface area contributed by atoms with E-state index in [1.807, 2.05) is 12.1 Å². The van der Waals surface area contributed by atoms with Crippen molar-refractivity contribution in [2.24, 2.45) is 0 Å². The first-order valence-corrected chi connectivity index (χ1v) is 8.55. The molecule has 6 nitrogen and oxygen atoms in total. The molecule has 0 saturated carbocycles. The van der Waals surface area contributed by atoms with Crippen LogP contribution in [0, 0.1) is 0 Å². The number of hydrogen-bond donors (Lipinski definition) is 0. The Hall–Kier alpha value is -0.990. The Kier molecular flexibility index (Phi) is 3.27. The molecule has 1 aromatic carbocycles. The van der Waals surface area contributed by atoms with E-state index in [-0.39, 0.29) is 18.4 Å². The van der Waals surface area contributed by atoms with Gasteiger partial charge in [0.2, 0.25) is 10.0 Å². The fourth-order valence-corrected chi connectivity index (χ4v) is 4.01. The number of rotatable bonds is 6. The van der Waals surface area contributed by atoms with Crippen LogP contribution in [0.15, 0.2) is 29.2 Å². The van der Waals surface area contributed by atoms with E-state index >= 15 is 0 Å². The minimum Gasteiger partial charge on any atom is -0.372 e. The molecule has 0 N–H and O–H groups in total. The molecule has 3 heterocycles. The molecule has 3 atom stereocenters. The highest BCUT2D eigenvalue weighted by Crippen LogP contribution is 2.32. The fourth-order valence-electron chi connectivity index (χ4n) is 2.43. The van der Waals surface area contributed by atoms with Crippen LogP contribution in [-0.4, -0.2) is 51.4 Å². The van der Waals surface area contributed by atoms with E-state index in [0.717, 1.165) is 12.0 Å². The smallest absolute Gasteiger partial charge is 0.245 e. The maximum absolute atomic E-state index is 12.8. The zero-order valence-corrected chi connectivity index (χ0v) is 12.3. The summed E-state index contributed by atoms with van der Waals surface area (Å²) in [6.07, 6.45) is 0.515. The average Bonchev–Trinajstić information content (AvgIpc) is 3.29. The zero-order chi connectivity index (χ0) is 14.4. The second kappa shape index (κ2) is 5.03. The van der Waals surface area contributed by atoms with Gasteiger partial charge in [-0.05, 0) is 17.7 Å². The third-order valence-corrected chi connectivity index (χ3v) is 5.84. The van der Waals surface area contributed by atoms with Crippen molar-refractivity contribution in [2.45, 2.75) is 29.8 Å². The van der Waals surface area contributed by atoms with E-state index < -0.39 is 10.0 Å². The lowest BCUT2D eigenvalue weighted by atomic mass is 10.2. The largest absolute Gasteiger partial charge is 0.372 e. The van der Waals surface area contributed by atoms with Crippen LogP contribution in [0.2, 0.25) is 0 Å². The lowest BCUT2D eigenvalue weighted by Crippen LogP contribution is -2.49. The fraction of sp³-hybridized carbons (Fsp3) is 0.571. The van der Waals surface area contributed by atoms with Crippen molar-refractivity contribution < 1.29 is 22.6 Å². The molecule has 3 unspecified atom stereocenters. The summed E-state index contributed by atoms with van der Waals surface area (Å²) in [6.45, 7) is 2.31. The van der Waals surface area contributed by atoms with Gasteiger partial charge in [-0.3, -0.25) is 0 Å². The van der Waals surface area contributed by atoms with E-state index in [0.29, 0.717) is 31.3 Å². The predicted octanol–water partition coefficient (Wildman–Crippen LogP) is 0.894. The van der Waals surface area contributed by atoms with Gasteiger partial charge in [0.15, 0.2) is 0 Å². The SMILES string of the molecule is O=S(=O)(c1ccc(C2CO2)cc1)N(CC1CO1)C1CCO1. The summed E-state index contributed by atoms with van der Waals surface area (Å²) < 4.78 is 42.7. The number of benzene rings is 1. The molecule has 0 aliphatic carbocycles. The molecule has 0 radical (unpaired) electrons. The normalized spacial score (nSPS) is 31.0. The van der Waals surface area contributed by atoms with Gasteiger partial charge in [-0.15, -0.1) is 0 Å². The van der Waals surface area contributed by atoms with Gasteiger partial charge < -0.3 is 14.2 Å². The van der Waals surface area contributed by atoms with E-state index in [1.54, 1.807) is 12.1 Å². The van der Waals surface area contributed by atoms with Gasteiger partial charge >= 0.3 is 0 Å². The van der Waals surface area contributed by atoms with Crippen molar-refractivity contribution in [1.29, 1.82) is 0 Å². The van der Waals surface area contributed by atoms with Crippen LogP contribution in [0.25, 0.3) is 0 Å². The topological polar surface area (TPSA) is 71.7 Å². The van der Waals surface area contributed by atoms with Crippen molar-refractivity contribution >= 4 is 10.0 Å².